The number of hydrogen-bond acceptors (Lipinski definition) is 8. The Kier molecular flexibility index (Phi) is 7.29. The van der Waals surface area contributed by atoms with Crippen LogP contribution in [0.25, 0.3) is 33.1 Å². The number of thiazole rings is 1. The molecule has 3 heterocycles. The van der Waals surface area contributed by atoms with Gasteiger partial charge in [-0.1, -0.05) is 42.5 Å². The molecule has 0 amide bonds. The largest absolute Gasteiger partial charge is 0.355 e. The lowest BCUT2D eigenvalue weighted by Crippen LogP contribution is -2.21. The molecule has 40 heavy (non-hydrogen) atoms. The standard InChI is InChI=1S/C30H28N6O2S2/c1-40(37,38)14-13-31-18-30-35-28(20-39-30)22-7-9-25-26(11-12-32-27(25)16-22)34-24-8-10-29-23(15-24)17-33-36(29)19-21-5-3-2-4-6-21/h2-12,15-17,20,31H,13-14,18-19H2,1H3,(H,32,34). The molecule has 0 radical (unpaired) electrons. The van der Waals surface area contributed by atoms with Crippen molar-refractivity contribution in [2.45, 2.75) is 13.1 Å². The second-order valence-electron chi connectivity index (χ2n) is 9.71. The van der Waals surface area contributed by atoms with E-state index in [-0.39, 0.29) is 5.75 Å². The predicted octanol–water partition coefficient (Wildman–Crippen LogP) is 5.63. The molecule has 6 rings (SSSR count). The van der Waals surface area contributed by atoms with Crippen LogP contribution in [0.4, 0.5) is 11.4 Å². The Morgan fingerprint density at radius 2 is 1.88 bits per heavy atom. The number of aromatic nitrogens is 4. The first-order valence-corrected chi connectivity index (χ1v) is 15.8. The zero-order chi connectivity index (χ0) is 27.5. The van der Waals surface area contributed by atoms with Gasteiger partial charge in [-0.05, 0) is 35.9 Å². The third-order valence-corrected chi connectivity index (χ3v) is 8.41. The third kappa shape index (κ3) is 6.04. The van der Waals surface area contributed by atoms with Crippen LogP contribution in [-0.2, 0) is 22.9 Å². The summed E-state index contributed by atoms with van der Waals surface area (Å²) in [5.41, 5.74) is 7.00. The number of fused-ring (bicyclic) bond motifs is 2. The molecule has 3 aromatic carbocycles. The average molecular weight is 569 g/mol. The highest BCUT2D eigenvalue weighted by molar-refractivity contribution is 7.90. The molecule has 0 aliphatic heterocycles. The van der Waals surface area contributed by atoms with E-state index in [9.17, 15) is 8.42 Å². The molecule has 8 nitrogen and oxygen atoms in total. The highest BCUT2D eigenvalue weighted by Crippen LogP contribution is 2.31. The van der Waals surface area contributed by atoms with Gasteiger partial charge in [0.2, 0.25) is 0 Å². The van der Waals surface area contributed by atoms with E-state index in [0.717, 1.165) is 56.0 Å². The number of sulfone groups is 1. The number of pyridine rings is 1. The first-order valence-electron chi connectivity index (χ1n) is 12.9. The lowest BCUT2D eigenvalue weighted by Gasteiger charge is -2.11. The van der Waals surface area contributed by atoms with Crippen molar-refractivity contribution >= 4 is 54.4 Å². The minimum Gasteiger partial charge on any atom is -0.355 e. The average Bonchev–Trinajstić information content (AvgIpc) is 3.58. The molecule has 0 aliphatic rings. The summed E-state index contributed by atoms with van der Waals surface area (Å²) in [6, 6.07) is 24.8. The molecule has 0 unspecified atom stereocenters. The Morgan fingerprint density at radius 1 is 1.00 bits per heavy atom. The van der Waals surface area contributed by atoms with Crippen molar-refractivity contribution in [2.24, 2.45) is 0 Å². The Hall–Kier alpha value is -4.12. The second kappa shape index (κ2) is 11.2. The van der Waals surface area contributed by atoms with Crippen LogP contribution in [0.3, 0.4) is 0 Å². The van der Waals surface area contributed by atoms with Gasteiger partial charge in [0.05, 0.1) is 35.2 Å². The molecule has 0 bridgehead atoms. The van der Waals surface area contributed by atoms with Crippen molar-refractivity contribution in [1.29, 1.82) is 0 Å². The van der Waals surface area contributed by atoms with E-state index >= 15 is 0 Å². The number of hydrogen-bond donors (Lipinski definition) is 2. The highest BCUT2D eigenvalue weighted by Gasteiger charge is 2.10. The molecule has 6 aromatic rings. The number of anilines is 2. The summed E-state index contributed by atoms with van der Waals surface area (Å²) in [5.74, 6) is 0.115. The number of benzene rings is 3. The normalized spacial score (nSPS) is 11.8. The smallest absolute Gasteiger partial charge is 0.148 e. The summed E-state index contributed by atoms with van der Waals surface area (Å²) in [5, 5.41) is 16.3. The molecule has 0 saturated carbocycles. The summed E-state index contributed by atoms with van der Waals surface area (Å²) in [6.07, 6.45) is 4.96. The number of nitrogens with one attached hydrogen (secondary N) is 2. The van der Waals surface area contributed by atoms with E-state index < -0.39 is 9.84 Å². The maximum atomic E-state index is 11.3. The van der Waals surface area contributed by atoms with E-state index in [0.29, 0.717) is 13.1 Å². The second-order valence-corrected chi connectivity index (χ2v) is 12.9. The van der Waals surface area contributed by atoms with Crippen LogP contribution in [-0.4, -0.2) is 46.7 Å². The molecule has 2 N–H and O–H groups in total. The summed E-state index contributed by atoms with van der Waals surface area (Å²) in [4.78, 5) is 9.33. The molecule has 0 spiro atoms. The van der Waals surface area contributed by atoms with E-state index in [1.165, 1.54) is 11.8 Å². The van der Waals surface area contributed by atoms with Crippen molar-refractivity contribution in [3.05, 3.63) is 101 Å². The first-order chi connectivity index (χ1) is 19.4. The Labute approximate surface area is 236 Å². The van der Waals surface area contributed by atoms with Gasteiger partial charge in [0.15, 0.2) is 0 Å². The van der Waals surface area contributed by atoms with E-state index in [2.05, 4.69) is 63.2 Å². The molecular formula is C30H28N6O2S2. The van der Waals surface area contributed by atoms with Crippen LogP contribution < -0.4 is 10.6 Å². The van der Waals surface area contributed by atoms with Gasteiger partial charge in [-0.3, -0.25) is 9.67 Å². The van der Waals surface area contributed by atoms with Crippen LogP contribution in [0, 0.1) is 0 Å². The Morgan fingerprint density at radius 3 is 2.73 bits per heavy atom. The van der Waals surface area contributed by atoms with E-state index in [1.54, 1.807) is 11.3 Å². The van der Waals surface area contributed by atoms with Crippen molar-refractivity contribution in [3.63, 3.8) is 0 Å². The minimum atomic E-state index is -2.98. The fourth-order valence-corrected chi connectivity index (χ4v) is 5.88. The van der Waals surface area contributed by atoms with Gasteiger partial charge in [0, 0.05) is 58.6 Å². The zero-order valence-corrected chi connectivity index (χ0v) is 23.5. The molecule has 0 aliphatic carbocycles. The minimum absolute atomic E-state index is 0.115. The number of rotatable bonds is 10. The summed E-state index contributed by atoms with van der Waals surface area (Å²) >= 11 is 1.55. The third-order valence-electron chi connectivity index (χ3n) is 6.61. The van der Waals surface area contributed by atoms with Crippen LogP contribution in [0.2, 0.25) is 0 Å². The van der Waals surface area contributed by atoms with Crippen molar-refractivity contribution in [1.82, 2.24) is 25.1 Å². The molecule has 202 valence electrons. The van der Waals surface area contributed by atoms with Gasteiger partial charge < -0.3 is 10.6 Å². The van der Waals surface area contributed by atoms with Gasteiger partial charge in [-0.2, -0.15) is 5.10 Å². The highest BCUT2D eigenvalue weighted by atomic mass is 32.2. The molecule has 0 fully saturated rings. The molecule has 10 heteroatoms. The Balaban J connectivity index is 1.17. The van der Waals surface area contributed by atoms with Crippen LogP contribution in [0.1, 0.15) is 10.6 Å². The molecular weight excluding hydrogens is 541 g/mol. The van der Waals surface area contributed by atoms with Crippen molar-refractivity contribution in [2.75, 3.05) is 23.9 Å². The summed E-state index contributed by atoms with van der Waals surface area (Å²) in [6.45, 7) is 1.68. The van der Waals surface area contributed by atoms with Gasteiger partial charge in [-0.15, -0.1) is 11.3 Å². The zero-order valence-electron chi connectivity index (χ0n) is 21.9. The fraction of sp³-hybridized carbons (Fsp3) is 0.167. The van der Waals surface area contributed by atoms with E-state index in [4.69, 9.17) is 4.98 Å². The van der Waals surface area contributed by atoms with Crippen LogP contribution in [0.15, 0.2) is 90.6 Å². The Bertz CT molecular complexity index is 1900. The molecule has 0 atom stereocenters. The monoisotopic (exact) mass is 568 g/mol. The maximum Gasteiger partial charge on any atom is 0.148 e. The molecule has 0 saturated heterocycles. The van der Waals surface area contributed by atoms with Crippen molar-refractivity contribution in [3.8, 4) is 11.3 Å². The maximum absolute atomic E-state index is 11.3. The summed E-state index contributed by atoms with van der Waals surface area (Å²) in [7, 11) is -2.98. The van der Waals surface area contributed by atoms with E-state index in [1.807, 2.05) is 52.8 Å². The SMILES string of the molecule is CS(=O)(=O)CCNCc1nc(-c2ccc3c(Nc4ccc5c(cnn5Cc5ccccc5)c4)ccnc3c2)cs1. The molecule has 3 aromatic heterocycles. The van der Waals surface area contributed by atoms with Crippen LogP contribution >= 0.6 is 11.3 Å². The lowest BCUT2D eigenvalue weighted by atomic mass is 10.1. The topological polar surface area (TPSA) is 102 Å². The quantitative estimate of drug-likeness (QED) is 0.206. The fourth-order valence-electron chi connectivity index (χ4n) is 4.60. The first kappa shape index (κ1) is 26.1. The lowest BCUT2D eigenvalue weighted by molar-refractivity contribution is 0.596. The van der Waals surface area contributed by atoms with Gasteiger partial charge in [0.25, 0.3) is 0 Å². The predicted molar refractivity (Wildman–Crippen MR) is 163 cm³/mol. The number of nitrogens with zero attached hydrogens (tertiary/aromatic N) is 4. The van der Waals surface area contributed by atoms with Gasteiger partial charge >= 0.3 is 0 Å². The summed E-state index contributed by atoms with van der Waals surface area (Å²) < 4.78 is 24.6. The van der Waals surface area contributed by atoms with Gasteiger partial charge in [-0.25, -0.2) is 13.4 Å². The van der Waals surface area contributed by atoms with Crippen molar-refractivity contribution < 1.29 is 8.42 Å². The van der Waals surface area contributed by atoms with Crippen LogP contribution in [0.5, 0.6) is 0 Å². The van der Waals surface area contributed by atoms with Gasteiger partial charge in [0.1, 0.15) is 14.8 Å².